The average Bonchev–Trinajstić information content (AvgIpc) is 2.89. The Morgan fingerprint density at radius 1 is 1.32 bits per heavy atom. The SMILES string of the molecule is S=C(S)N(c1nccs1)N(C(=S)S)N1CCNCC1. The molecule has 2 rings (SSSR count). The molecule has 1 fully saturated rings. The number of rotatable bonds is 2. The van der Waals surface area contributed by atoms with E-state index in [1.54, 1.807) is 16.3 Å². The van der Waals surface area contributed by atoms with Crippen LogP contribution in [0.4, 0.5) is 5.13 Å². The van der Waals surface area contributed by atoms with Crippen molar-refractivity contribution in [2.75, 3.05) is 31.2 Å². The lowest BCUT2D eigenvalue weighted by Gasteiger charge is -2.42. The van der Waals surface area contributed by atoms with Crippen LogP contribution < -0.4 is 10.3 Å². The van der Waals surface area contributed by atoms with Crippen molar-refractivity contribution >= 4 is 74.8 Å². The molecule has 1 aromatic rings. The smallest absolute Gasteiger partial charge is 0.211 e. The molecule has 1 saturated heterocycles. The second-order valence-electron chi connectivity index (χ2n) is 3.68. The average molecular weight is 352 g/mol. The minimum Gasteiger partial charge on any atom is -0.314 e. The molecule has 0 saturated carbocycles. The van der Waals surface area contributed by atoms with E-state index in [0.29, 0.717) is 8.64 Å². The molecule has 19 heavy (non-hydrogen) atoms. The fourth-order valence-electron chi connectivity index (χ4n) is 1.74. The van der Waals surface area contributed by atoms with Crippen LogP contribution in [0.1, 0.15) is 0 Å². The number of aromatic nitrogens is 1. The van der Waals surface area contributed by atoms with Crippen molar-refractivity contribution < 1.29 is 0 Å². The monoisotopic (exact) mass is 351 g/mol. The molecule has 1 N–H and O–H groups in total. The first-order valence-corrected chi connectivity index (χ1v) is 8.11. The summed E-state index contributed by atoms with van der Waals surface area (Å²) in [5.41, 5.74) is 0. The molecule has 10 heteroatoms. The number of hydrogen-bond acceptors (Lipinski definition) is 6. The third-order valence-corrected chi connectivity index (χ3v) is 3.96. The molecular formula is C9H13N5S5. The Kier molecular flexibility index (Phi) is 5.81. The normalized spacial score (nSPS) is 16.1. The molecule has 104 valence electrons. The van der Waals surface area contributed by atoms with Gasteiger partial charge in [-0.1, -0.05) is 12.2 Å². The van der Waals surface area contributed by atoms with E-state index in [9.17, 15) is 0 Å². The van der Waals surface area contributed by atoms with Gasteiger partial charge in [0.2, 0.25) is 5.13 Å². The molecule has 0 radical (unpaired) electrons. The first-order valence-electron chi connectivity index (χ1n) is 5.52. The van der Waals surface area contributed by atoms with Crippen LogP contribution in [-0.2, 0) is 0 Å². The number of thiol groups is 2. The number of hydrazine groups is 2. The summed E-state index contributed by atoms with van der Waals surface area (Å²) in [4.78, 5) is 4.27. The van der Waals surface area contributed by atoms with Crippen LogP contribution in [0, 0.1) is 0 Å². The standard InChI is InChI=1S/C9H13N5S5/c15-8(16)13(7-11-3-6-19-7)14(9(17)18)12-4-1-10-2-5-12/h3,6,10H,1-2,4-5H2,(H,15,16)(H,17,18). The number of thiocarbonyl (C=S) groups is 2. The van der Waals surface area contributed by atoms with E-state index in [4.69, 9.17) is 24.4 Å². The maximum Gasteiger partial charge on any atom is 0.211 e. The van der Waals surface area contributed by atoms with Crippen LogP contribution >= 0.6 is 61.0 Å². The molecule has 1 aromatic heterocycles. The second kappa shape index (κ2) is 7.16. The summed E-state index contributed by atoms with van der Waals surface area (Å²) < 4.78 is 0.790. The zero-order valence-corrected chi connectivity index (χ0v) is 14.1. The van der Waals surface area contributed by atoms with Crippen LogP contribution in [0.2, 0.25) is 0 Å². The fourth-order valence-corrected chi connectivity index (χ4v) is 3.26. The Bertz CT molecular complexity index is 444. The van der Waals surface area contributed by atoms with E-state index in [-0.39, 0.29) is 0 Å². The first kappa shape index (κ1) is 15.4. The molecule has 0 aliphatic carbocycles. The van der Waals surface area contributed by atoms with E-state index in [0.717, 1.165) is 31.3 Å². The van der Waals surface area contributed by atoms with E-state index < -0.39 is 0 Å². The molecule has 1 aliphatic rings. The van der Waals surface area contributed by atoms with Crippen LogP contribution in [-0.4, -0.2) is 49.9 Å². The molecule has 0 spiro atoms. The minimum absolute atomic E-state index is 0.380. The van der Waals surface area contributed by atoms with Gasteiger partial charge in [-0.05, 0) is 12.2 Å². The van der Waals surface area contributed by atoms with Gasteiger partial charge in [0.05, 0.1) is 0 Å². The van der Waals surface area contributed by atoms with Gasteiger partial charge in [-0.25, -0.2) is 4.98 Å². The predicted octanol–water partition coefficient (Wildman–Crippen LogP) is 1.42. The second-order valence-corrected chi connectivity index (χ2v) is 6.78. The summed E-state index contributed by atoms with van der Waals surface area (Å²) in [6, 6.07) is 0. The maximum atomic E-state index is 5.24. The molecule has 0 aromatic carbocycles. The quantitative estimate of drug-likeness (QED) is 0.422. The Balaban J connectivity index is 2.29. The van der Waals surface area contributed by atoms with E-state index in [1.165, 1.54) is 11.3 Å². The summed E-state index contributed by atoms with van der Waals surface area (Å²) >= 11 is 20.5. The summed E-state index contributed by atoms with van der Waals surface area (Å²) in [5.74, 6) is 0. The highest BCUT2D eigenvalue weighted by molar-refractivity contribution is 8.12. The highest BCUT2D eigenvalue weighted by Gasteiger charge is 2.28. The summed E-state index contributed by atoms with van der Waals surface area (Å²) in [6.45, 7) is 3.41. The van der Waals surface area contributed by atoms with E-state index in [2.05, 4.69) is 40.6 Å². The van der Waals surface area contributed by atoms with Crippen molar-refractivity contribution in [1.82, 2.24) is 20.4 Å². The van der Waals surface area contributed by atoms with Crippen LogP contribution in [0.15, 0.2) is 11.6 Å². The Morgan fingerprint density at radius 3 is 2.47 bits per heavy atom. The van der Waals surface area contributed by atoms with Crippen LogP contribution in [0.5, 0.6) is 0 Å². The van der Waals surface area contributed by atoms with Gasteiger partial charge in [0.25, 0.3) is 0 Å². The zero-order valence-electron chi connectivity index (χ0n) is 9.89. The van der Waals surface area contributed by atoms with E-state index in [1.807, 2.05) is 5.38 Å². The van der Waals surface area contributed by atoms with Crippen molar-refractivity contribution in [2.45, 2.75) is 0 Å². The lowest BCUT2D eigenvalue weighted by atomic mass is 10.4. The van der Waals surface area contributed by atoms with Crippen molar-refractivity contribution in [1.29, 1.82) is 0 Å². The lowest BCUT2D eigenvalue weighted by Crippen LogP contribution is -2.60. The Hall–Kier alpha value is 0.0300. The summed E-state index contributed by atoms with van der Waals surface area (Å²) in [5, 5.41) is 11.4. The van der Waals surface area contributed by atoms with Gasteiger partial charge in [0.15, 0.2) is 8.64 Å². The number of anilines is 1. The zero-order chi connectivity index (χ0) is 13.8. The number of hydrogen-bond donors (Lipinski definition) is 3. The molecule has 0 amide bonds. The summed E-state index contributed by atoms with van der Waals surface area (Å²) in [7, 11) is 0. The van der Waals surface area contributed by atoms with Crippen LogP contribution in [0.3, 0.4) is 0 Å². The van der Waals surface area contributed by atoms with Crippen molar-refractivity contribution in [3.05, 3.63) is 11.6 Å². The largest absolute Gasteiger partial charge is 0.314 e. The highest BCUT2D eigenvalue weighted by Crippen LogP contribution is 2.24. The number of thiazole rings is 1. The lowest BCUT2D eigenvalue weighted by molar-refractivity contribution is 0.0416. The van der Waals surface area contributed by atoms with Gasteiger partial charge < -0.3 is 5.32 Å². The van der Waals surface area contributed by atoms with Crippen molar-refractivity contribution in [3.63, 3.8) is 0 Å². The van der Waals surface area contributed by atoms with Crippen molar-refractivity contribution in [2.24, 2.45) is 0 Å². The number of piperazine rings is 1. The topological polar surface area (TPSA) is 34.6 Å². The molecule has 0 bridgehead atoms. The van der Waals surface area contributed by atoms with Gasteiger partial charge in [-0.3, -0.25) is 0 Å². The molecule has 0 atom stereocenters. The van der Waals surface area contributed by atoms with Crippen LogP contribution in [0.25, 0.3) is 0 Å². The van der Waals surface area contributed by atoms with E-state index >= 15 is 0 Å². The highest BCUT2D eigenvalue weighted by atomic mass is 32.1. The minimum atomic E-state index is 0.380. The maximum absolute atomic E-state index is 5.24. The van der Waals surface area contributed by atoms with Gasteiger partial charge >= 0.3 is 0 Å². The molecule has 2 heterocycles. The van der Waals surface area contributed by atoms with Gasteiger partial charge in [-0.2, -0.15) is 15.1 Å². The molecule has 1 aliphatic heterocycles. The van der Waals surface area contributed by atoms with Gasteiger partial charge in [0.1, 0.15) is 0 Å². The third kappa shape index (κ3) is 3.78. The fraction of sp³-hybridized carbons (Fsp3) is 0.444. The van der Waals surface area contributed by atoms with Gasteiger partial charge in [-0.15, -0.1) is 36.6 Å². The Labute approximate surface area is 137 Å². The molecular weight excluding hydrogens is 338 g/mol. The van der Waals surface area contributed by atoms with Crippen molar-refractivity contribution in [3.8, 4) is 0 Å². The predicted molar refractivity (Wildman–Crippen MR) is 94.0 cm³/mol. The Morgan fingerprint density at radius 2 is 2.00 bits per heavy atom. The molecule has 0 unspecified atom stereocenters. The number of nitrogens with one attached hydrogen (secondary N) is 1. The summed E-state index contributed by atoms with van der Waals surface area (Å²) in [6.07, 6.45) is 1.72. The first-order chi connectivity index (χ1) is 9.11. The third-order valence-electron chi connectivity index (χ3n) is 2.50. The molecule has 5 nitrogen and oxygen atoms in total. The number of nitrogens with zero attached hydrogens (tertiary/aromatic N) is 4. The van der Waals surface area contributed by atoms with Gasteiger partial charge in [0, 0.05) is 37.8 Å².